The molecule has 15 heavy (non-hydrogen) atoms. The van der Waals surface area contributed by atoms with Crippen molar-refractivity contribution in [1.82, 2.24) is 5.32 Å². The molecule has 1 rings (SSSR count). The third-order valence-electron chi connectivity index (χ3n) is 2.89. The molecule has 0 aliphatic carbocycles. The predicted molar refractivity (Wildman–Crippen MR) is 64.1 cm³/mol. The van der Waals surface area contributed by atoms with Crippen LogP contribution in [0.1, 0.15) is 37.8 Å². The van der Waals surface area contributed by atoms with Crippen LogP contribution in [0.3, 0.4) is 0 Å². The molecule has 0 saturated heterocycles. The largest absolute Gasteiger partial charge is 0.507 e. The van der Waals surface area contributed by atoms with Crippen LogP contribution in [0, 0.1) is 6.92 Å². The molecule has 0 unspecified atom stereocenters. The van der Waals surface area contributed by atoms with E-state index in [1.165, 1.54) is 0 Å². The molecule has 84 valence electrons. The van der Waals surface area contributed by atoms with E-state index in [1.54, 1.807) is 0 Å². The highest BCUT2D eigenvalue weighted by Gasteiger charge is 2.06. The summed E-state index contributed by atoms with van der Waals surface area (Å²) >= 11 is 0. The van der Waals surface area contributed by atoms with E-state index in [2.05, 4.69) is 19.2 Å². The fraction of sp³-hybridized carbons (Fsp3) is 0.538. The third kappa shape index (κ3) is 3.24. The molecule has 0 amide bonds. The standard InChI is InChI=1S/C13H21NO/c1-4-12(5-2)14-9-11-8-6-7-10(3)13(11)15/h6-8,12,14-15H,4-5,9H2,1-3H3. The van der Waals surface area contributed by atoms with Crippen LogP contribution in [-0.2, 0) is 6.54 Å². The Balaban J connectivity index is 2.61. The molecule has 2 nitrogen and oxygen atoms in total. The van der Waals surface area contributed by atoms with Crippen molar-refractivity contribution in [1.29, 1.82) is 0 Å². The van der Waals surface area contributed by atoms with Crippen LogP contribution in [0.5, 0.6) is 5.75 Å². The monoisotopic (exact) mass is 207 g/mol. The van der Waals surface area contributed by atoms with Crippen LogP contribution < -0.4 is 5.32 Å². The van der Waals surface area contributed by atoms with E-state index in [0.717, 1.165) is 30.5 Å². The molecule has 2 N–H and O–H groups in total. The SMILES string of the molecule is CCC(CC)NCc1cccc(C)c1O. The first-order valence-electron chi connectivity index (χ1n) is 5.69. The summed E-state index contributed by atoms with van der Waals surface area (Å²) < 4.78 is 0. The van der Waals surface area contributed by atoms with Crippen molar-refractivity contribution in [3.8, 4) is 5.75 Å². The average molecular weight is 207 g/mol. The van der Waals surface area contributed by atoms with Gasteiger partial charge in [0.1, 0.15) is 5.75 Å². The van der Waals surface area contributed by atoms with Gasteiger partial charge in [0.15, 0.2) is 0 Å². The zero-order valence-electron chi connectivity index (χ0n) is 9.88. The van der Waals surface area contributed by atoms with Crippen molar-refractivity contribution < 1.29 is 5.11 Å². The number of para-hydroxylation sites is 1. The van der Waals surface area contributed by atoms with E-state index in [0.29, 0.717) is 11.8 Å². The number of phenols is 1. The maximum Gasteiger partial charge on any atom is 0.122 e. The van der Waals surface area contributed by atoms with E-state index in [-0.39, 0.29) is 0 Å². The Hall–Kier alpha value is -1.02. The van der Waals surface area contributed by atoms with Crippen LogP contribution >= 0.6 is 0 Å². The van der Waals surface area contributed by atoms with Crippen molar-refractivity contribution in [3.63, 3.8) is 0 Å². The van der Waals surface area contributed by atoms with E-state index < -0.39 is 0 Å². The lowest BCUT2D eigenvalue weighted by molar-refractivity contribution is 0.445. The van der Waals surface area contributed by atoms with Crippen molar-refractivity contribution >= 4 is 0 Å². The molecular weight excluding hydrogens is 186 g/mol. The second kappa shape index (κ2) is 5.76. The Morgan fingerprint density at radius 2 is 1.93 bits per heavy atom. The lowest BCUT2D eigenvalue weighted by atomic mass is 10.1. The number of benzene rings is 1. The van der Waals surface area contributed by atoms with E-state index in [4.69, 9.17) is 0 Å². The van der Waals surface area contributed by atoms with Crippen LogP contribution in [0.2, 0.25) is 0 Å². The summed E-state index contributed by atoms with van der Waals surface area (Å²) in [5, 5.41) is 13.3. The Morgan fingerprint density at radius 3 is 2.53 bits per heavy atom. The Labute approximate surface area is 92.3 Å². The van der Waals surface area contributed by atoms with Gasteiger partial charge in [-0.05, 0) is 25.3 Å². The molecule has 0 atom stereocenters. The zero-order valence-corrected chi connectivity index (χ0v) is 9.88. The summed E-state index contributed by atoms with van der Waals surface area (Å²) in [6.07, 6.45) is 2.26. The summed E-state index contributed by atoms with van der Waals surface area (Å²) in [5.41, 5.74) is 1.93. The highest BCUT2D eigenvalue weighted by Crippen LogP contribution is 2.21. The Bertz CT molecular complexity index is 305. The maximum absolute atomic E-state index is 9.82. The predicted octanol–water partition coefficient (Wildman–Crippen LogP) is 2.98. The van der Waals surface area contributed by atoms with Gasteiger partial charge >= 0.3 is 0 Å². The minimum atomic E-state index is 0.427. The van der Waals surface area contributed by atoms with Gasteiger partial charge in [-0.3, -0.25) is 0 Å². The van der Waals surface area contributed by atoms with Gasteiger partial charge in [0.05, 0.1) is 0 Å². The molecule has 1 aromatic rings. The molecule has 1 aromatic carbocycles. The first-order valence-corrected chi connectivity index (χ1v) is 5.69. The molecule has 0 fully saturated rings. The molecule has 0 bridgehead atoms. The number of hydrogen-bond acceptors (Lipinski definition) is 2. The molecule has 0 radical (unpaired) electrons. The molecule has 0 heterocycles. The van der Waals surface area contributed by atoms with Crippen molar-refractivity contribution in [2.45, 2.75) is 46.2 Å². The summed E-state index contributed by atoms with van der Waals surface area (Å²) in [5.74, 6) is 0.427. The quantitative estimate of drug-likeness (QED) is 0.778. The number of aryl methyl sites for hydroxylation is 1. The molecule has 0 aromatic heterocycles. The molecule has 0 aliphatic heterocycles. The lowest BCUT2D eigenvalue weighted by Crippen LogP contribution is -2.27. The van der Waals surface area contributed by atoms with Crippen molar-refractivity contribution in [3.05, 3.63) is 29.3 Å². The van der Waals surface area contributed by atoms with Crippen LogP contribution in [0.4, 0.5) is 0 Å². The topological polar surface area (TPSA) is 32.3 Å². The van der Waals surface area contributed by atoms with Gasteiger partial charge in [-0.2, -0.15) is 0 Å². The zero-order chi connectivity index (χ0) is 11.3. The van der Waals surface area contributed by atoms with Crippen molar-refractivity contribution in [2.75, 3.05) is 0 Å². The Morgan fingerprint density at radius 1 is 1.27 bits per heavy atom. The smallest absolute Gasteiger partial charge is 0.122 e. The van der Waals surface area contributed by atoms with E-state index in [9.17, 15) is 5.11 Å². The fourth-order valence-electron chi connectivity index (χ4n) is 1.69. The van der Waals surface area contributed by atoms with Crippen LogP contribution in [0.25, 0.3) is 0 Å². The average Bonchev–Trinajstić information content (AvgIpc) is 2.25. The van der Waals surface area contributed by atoms with Gasteiger partial charge in [0, 0.05) is 18.2 Å². The van der Waals surface area contributed by atoms with Gasteiger partial charge < -0.3 is 10.4 Å². The number of nitrogens with one attached hydrogen (secondary N) is 1. The summed E-state index contributed by atoms with van der Waals surface area (Å²) in [4.78, 5) is 0. The van der Waals surface area contributed by atoms with Gasteiger partial charge in [-0.15, -0.1) is 0 Å². The molecular formula is C13H21NO. The van der Waals surface area contributed by atoms with Crippen molar-refractivity contribution in [2.24, 2.45) is 0 Å². The number of aromatic hydroxyl groups is 1. The lowest BCUT2D eigenvalue weighted by Gasteiger charge is -2.15. The highest BCUT2D eigenvalue weighted by atomic mass is 16.3. The second-order valence-corrected chi connectivity index (χ2v) is 3.98. The normalized spacial score (nSPS) is 10.9. The first kappa shape index (κ1) is 12.1. The van der Waals surface area contributed by atoms with Gasteiger partial charge in [-0.25, -0.2) is 0 Å². The molecule has 2 heteroatoms. The number of hydrogen-bond donors (Lipinski definition) is 2. The number of rotatable bonds is 5. The summed E-state index contributed by atoms with van der Waals surface area (Å²) in [7, 11) is 0. The van der Waals surface area contributed by atoms with E-state index in [1.807, 2.05) is 25.1 Å². The van der Waals surface area contributed by atoms with Gasteiger partial charge in [0.2, 0.25) is 0 Å². The minimum absolute atomic E-state index is 0.427. The molecule has 0 spiro atoms. The first-order chi connectivity index (χ1) is 7.19. The van der Waals surface area contributed by atoms with Crippen LogP contribution in [0.15, 0.2) is 18.2 Å². The molecule has 0 aliphatic rings. The second-order valence-electron chi connectivity index (χ2n) is 3.98. The minimum Gasteiger partial charge on any atom is -0.507 e. The van der Waals surface area contributed by atoms with E-state index >= 15 is 0 Å². The van der Waals surface area contributed by atoms with Gasteiger partial charge in [0.25, 0.3) is 0 Å². The summed E-state index contributed by atoms with van der Waals surface area (Å²) in [6.45, 7) is 7.03. The third-order valence-corrected chi connectivity index (χ3v) is 2.89. The summed E-state index contributed by atoms with van der Waals surface area (Å²) in [6, 6.07) is 6.43. The highest BCUT2D eigenvalue weighted by molar-refractivity contribution is 5.39. The fourth-order valence-corrected chi connectivity index (χ4v) is 1.69. The van der Waals surface area contributed by atoms with Gasteiger partial charge in [-0.1, -0.05) is 32.0 Å². The maximum atomic E-state index is 9.82. The number of phenolic OH excluding ortho intramolecular Hbond substituents is 1. The Kier molecular flexibility index (Phi) is 4.63. The molecule has 0 saturated carbocycles. The van der Waals surface area contributed by atoms with Crippen LogP contribution in [-0.4, -0.2) is 11.1 Å².